The molecule has 0 spiro atoms. The highest BCUT2D eigenvalue weighted by atomic mass is 19.1. The number of aromatic nitrogens is 4. The van der Waals surface area contributed by atoms with E-state index in [1.165, 1.54) is 17.7 Å². The Balaban J connectivity index is 1.78. The molecule has 0 atom stereocenters. The number of rotatable bonds is 4. The van der Waals surface area contributed by atoms with Crippen LogP contribution in [0.4, 0.5) is 10.3 Å². The first kappa shape index (κ1) is 19.9. The number of halogens is 1. The molecule has 0 saturated carbocycles. The van der Waals surface area contributed by atoms with Gasteiger partial charge in [-0.15, -0.1) is 0 Å². The summed E-state index contributed by atoms with van der Waals surface area (Å²) in [5, 5.41) is 0. The van der Waals surface area contributed by atoms with Crippen molar-refractivity contribution >= 4 is 23.0 Å². The average Bonchev–Trinajstić information content (AvgIpc) is 3.08. The first-order valence-corrected chi connectivity index (χ1v) is 9.73. The summed E-state index contributed by atoms with van der Waals surface area (Å²) in [5.41, 5.74) is 5.11. The number of anilines is 1. The van der Waals surface area contributed by atoms with E-state index in [1.54, 1.807) is 29.8 Å². The fraction of sp³-hybridized carbons (Fsp3) is 0.400. The zero-order valence-corrected chi connectivity index (χ0v) is 16.8. The van der Waals surface area contributed by atoms with Crippen molar-refractivity contribution in [1.29, 1.82) is 0 Å². The van der Waals surface area contributed by atoms with Crippen molar-refractivity contribution in [2.45, 2.75) is 19.4 Å². The highest BCUT2D eigenvalue weighted by molar-refractivity contribution is 5.77. The molecule has 10 heteroatoms. The third kappa shape index (κ3) is 3.17. The van der Waals surface area contributed by atoms with Gasteiger partial charge in [0.1, 0.15) is 5.82 Å². The molecule has 30 heavy (non-hydrogen) atoms. The molecule has 3 heterocycles. The van der Waals surface area contributed by atoms with Crippen molar-refractivity contribution in [3.63, 3.8) is 0 Å². The lowest BCUT2D eigenvalue weighted by Gasteiger charge is -2.31. The lowest BCUT2D eigenvalue weighted by Crippen LogP contribution is -2.40. The van der Waals surface area contributed by atoms with Gasteiger partial charge in [0.2, 0.25) is 11.9 Å². The predicted molar refractivity (Wildman–Crippen MR) is 110 cm³/mol. The molecule has 2 aromatic heterocycles. The van der Waals surface area contributed by atoms with Crippen molar-refractivity contribution in [2.24, 2.45) is 25.7 Å². The number of benzene rings is 1. The smallest absolute Gasteiger partial charge is 0.332 e. The van der Waals surface area contributed by atoms with Gasteiger partial charge in [-0.25, -0.2) is 9.18 Å². The number of hydrogen-bond donors (Lipinski definition) is 1. The van der Waals surface area contributed by atoms with E-state index < -0.39 is 17.1 Å². The second-order valence-corrected chi connectivity index (χ2v) is 7.63. The Morgan fingerprint density at radius 3 is 2.47 bits per heavy atom. The molecule has 3 aromatic rings. The Morgan fingerprint density at radius 1 is 1.17 bits per heavy atom. The number of fused-ring (bicyclic) bond motifs is 1. The minimum absolute atomic E-state index is 0.168. The minimum atomic E-state index is -0.562. The third-order valence-corrected chi connectivity index (χ3v) is 5.80. The largest absolute Gasteiger partial charge is 0.369 e. The number of amides is 1. The Bertz CT molecular complexity index is 1250. The van der Waals surface area contributed by atoms with Crippen LogP contribution in [0.1, 0.15) is 18.4 Å². The number of hydrogen-bond acceptors (Lipinski definition) is 5. The number of piperidine rings is 1. The Morgan fingerprint density at radius 2 is 1.83 bits per heavy atom. The van der Waals surface area contributed by atoms with Gasteiger partial charge in [0.25, 0.3) is 5.56 Å². The highest BCUT2D eigenvalue weighted by Gasteiger charge is 2.27. The normalized spacial score (nSPS) is 15.1. The summed E-state index contributed by atoms with van der Waals surface area (Å²) in [6.07, 6.45) is 1.21. The molecular formula is C20H23FN6O3. The average molecular weight is 414 g/mol. The van der Waals surface area contributed by atoms with E-state index in [4.69, 9.17) is 5.73 Å². The summed E-state index contributed by atoms with van der Waals surface area (Å²) in [7, 11) is 3.25. The van der Waals surface area contributed by atoms with Gasteiger partial charge in [-0.05, 0) is 18.9 Å². The van der Waals surface area contributed by atoms with E-state index in [0.29, 0.717) is 31.9 Å². The fourth-order valence-electron chi connectivity index (χ4n) is 4.02. The number of carbonyl (C=O) groups excluding carboxylic acids is 1. The molecule has 1 amide bonds. The van der Waals surface area contributed by atoms with Crippen LogP contribution >= 0.6 is 0 Å². The van der Waals surface area contributed by atoms with Gasteiger partial charge in [0.15, 0.2) is 11.2 Å². The molecule has 0 aliphatic carbocycles. The van der Waals surface area contributed by atoms with Crippen LogP contribution in [0.25, 0.3) is 11.2 Å². The maximum atomic E-state index is 14.1. The summed E-state index contributed by atoms with van der Waals surface area (Å²) in [5.74, 6) is -0.408. The zero-order valence-electron chi connectivity index (χ0n) is 16.8. The monoisotopic (exact) mass is 414 g/mol. The van der Waals surface area contributed by atoms with Gasteiger partial charge < -0.3 is 15.2 Å². The standard InChI is InChI=1S/C20H23FN6O3/c1-24-15-17(23-19(24)26-9-7-12(8-10-26)16(22)28)25(2)20(30)27(18(15)29)11-13-5-3-4-6-14(13)21/h3-6,12H,7-11H2,1-2H3,(H2,22,28). The zero-order chi connectivity index (χ0) is 21.6. The molecule has 1 aromatic carbocycles. The molecule has 1 saturated heterocycles. The van der Waals surface area contributed by atoms with Crippen molar-refractivity contribution in [3.05, 3.63) is 56.5 Å². The summed E-state index contributed by atoms with van der Waals surface area (Å²) < 4.78 is 18.1. The van der Waals surface area contributed by atoms with Gasteiger partial charge in [0, 0.05) is 38.7 Å². The molecule has 0 unspecified atom stereocenters. The van der Waals surface area contributed by atoms with E-state index >= 15 is 0 Å². The first-order chi connectivity index (χ1) is 14.3. The predicted octanol–water partition coefficient (Wildman–Crippen LogP) is 0.323. The fourth-order valence-corrected chi connectivity index (χ4v) is 4.02. The number of nitrogens with two attached hydrogens (primary N) is 1. The van der Waals surface area contributed by atoms with Crippen LogP contribution in [-0.2, 0) is 25.4 Å². The molecule has 1 fully saturated rings. The Kier molecular flexibility index (Phi) is 4.92. The SMILES string of the molecule is Cn1c(N2CCC(C(N)=O)CC2)nc2c1c(=O)n(Cc1ccccc1F)c(=O)n2C. The van der Waals surface area contributed by atoms with Crippen LogP contribution in [-0.4, -0.2) is 37.7 Å². The first-order valence-electron chi connectivity index (χ1n) is 9.73. The minimum Gasteiger partial charge on any atom is -0.369 e. The third-order valence-electron chi connectivity index (χ3n) is 5.80. The lowest BCUT2D eigenvalue weighted by molar-refractivity contribution is -0.122. The van der Waals surface area contributed by atoms with E-state index in [1.807, 2.05) is 4.90 Å². The quantitative estimate of drug-likeness (QED) is 0.662. The van der Waals surface area contributed by atoms with E-state index in [2.05, 4.69) is 4.98 Å². The summed E-state index contributed by atoms with van der Waals surface area (Å²) in [4.78, 5) is 43.9. The summed E-state index contributed by atoms with van der Waals surface area (Å²) >= 11 is 0. The molecule has 9 nitrogen and oxygen atoms in total. The van der Waals surface area contributed by atoms with Crippen LogP contribution < -0.4 is 21.9 Å². The van der Waals surface area contributed by atoms with E-state index in [-0.39, 0.29) is 35.1 Å². The van der Waals surface area contributed by atoms with Crippen molar-refractivity contribution in [1.82, 2.24) is 18.7 Å². The maximum absolute atomic E-state index is 14.1. The van der Waals surface area contributed by atoms with Crippen LogP contribution in [0, 0.1) is 11.7 Å². The van der Waals surface area contributed by atoms with Crippen LogP contribution in [0.2, 0.25) is 0 Å². The molecule has 2 N–H and O–H groups in total. The highest BCUT2D eigenvalue weighted by Crippen LogP contribution is 2.24. The molecule has 0 radical (unpaired) electrons. The molecule has 0 bridgehead atoms. The van der Waals surface area contributed by atoms with Crippen molar-refractivity contribution in [2.75, 3.05) is 18.0 Å². The number of nitrogens with zero attached hydrogens (tertiary/aromatic N) is 5. The lowest BCUT2D eigenvalue weighted by atomic mass is 9.96. The van der Waals surface area contributed by atoms with Crippen molar-refractivity contribution in [3.8, 4) is 0 Å². The van der Waals surface area contributed by atoms with Crippen LogP contribution in [0.15, 0.2) is 33.9 Å². The van der Waals surface area contributed by atoms with Crippen LogP contribution in [0.3, 0.4) is 0 Å². The van der Waals surface area contributed by atoms with E-state index in [9.17, 15) is 18.8 Å². The second kappa shape index (κ2) is 7.43. The Hall–Kier alpha value is -3.43. The van der Waals surface area contributed by atoms with Gasteiger partial charge in [0.05, 0.1) is 6.54 Å². The molecule has 1 aliphatic heterocycles. The number of primary amides is 1. The van der Waals surface area contributed by atoms with Crippen LogP contribution in [0.5, 0.6) is 0 Å². The molecular weight excluding hydrogens is 391 g/mol. The van der Waals surface area contributed by atoms with E-state index in [0.717, 1.165) is 4.57 Å². The summed E-state index contributed by atoms with van der Waals surface area (Å²) in [6, 6.07) is 6.05. The topological polar surface area (TPSA) is 108 Å². The number of imidazole rings is 1. The van der Waals surface area contributed by atoms with Gasteiger partial charge in [-0.2, -0.15) is 4.98 Å². The molecule has 4 rings (SSSR count). The Labute approximate surface area is 171 Å². The maximum Gasteiger partial charge on any atom is 0.332 e. The number of aryl methyl sites for hydroxylation is 2. The van der Waals surface area contributed by atoms with Gasteiger partial charge in [-0.3, -0.25) is 18.7 Å². The second-order valence-electron chi connectivity index (χ2n) is 7.63. The van der Waals surface area contributed by atoms with Gasteiger partial charge in [-0.1, -0.05) is 18.2 Å². The number of carbonyl (C=O) groups is 1. The summed E-state index contributed by atoms with van der Waals surface area (Å²) in [6.45, 7) is 0.975. The molecule has 158 valence electrons. The molecule has 1 aliphatic rings. The van der Waals surface area contributed by atoms with Gasteiger partial charge >= 0.3 is 5.69 Å². The van der Waals surface area contributed by atoms with Crippen molar-refractivity contribution < 1.29 is 9.18 Å².